The van der Waals surface area contributed by atoms with E-state index in [0.29, 0.717) is 12.0 Å². The minimum absolute atomic E-state index is 0.0865. The summed E-state index contributed by atoms with van der Waals surface area (Å²) in [6, 6.07) is 0.508. The van der Waals surface area contributed by atoms with Crippen LogP contribution in [0.15, 0.2) is 12.4 Å². The maximum atomic E-state index is 10.5. The Hall–Kier alpha value is -1.76. The van der Waals surface area contributed by atoms with Crippen molar-refractivity contribution in [3.8, 4) is 0 Å². The van der Waals surface area contributed by atoms with E-state index in [1.165, 1.54) is 25.2 Å². The zero-order valence-corrected chi connectivity index (χ0v) is 10.4. The van der Waals surface area contributed by atoms with Gasteiger partial charge < -0.3 is 5.32 Å². The number of hydrogen-bond donors (Lipinski definition) is 1. The van der Waals surface area contributed by atoms with E-state index in [9.17, 15) is 10.1 Å². The van der Waals surface area contributed by atoms with Crippen molar-refractivity contribution in [2.24, 2.45) is 0 Å². The third-order valence-corrected chi connectivity index (χ3v) is 3.25. The van der Waals surface area contributed by atoms with Crippen molar-refractivity contribution < 1.29 is 4.92 Å². The lowest BCUT2D eigenvalue weighted by Gasteiger charge is -2.22. The van der Waals surface area contributed by atoms with Crippen molar-refractivity contribution >= 4 is 11.6 Å². The molecule has 0 amide bonds. The van der Waals surface area contributed by atoms with Crippen molar-refractivity contribution in [3.63, 3.8) is 0 Å². The van der Waals surface area contributed by atoms with Crippen LogP contribution in [0.3, 0.4) is 0 Å². The van der Waals surface area contributed by atoms with Gasteiger partial charge in [-0.25, -0.2) is 9.97 Å². The van der Waals surface area contributed by atoms with E-state index in [2.05, 4.69) is 27.1 Å². The quantitative estimate of drug-likeness (QED) is 0.627. The first-order valence-electron chi connectivity index (χ1n) is 6.15. The molecule has 98 valence electrons. The Balaban J connectivity index is 1.88. The number of nitro groups is 1. The summed E-state index contributed by atoms with van der Waals surface area (Å²) in [5.74, 6) is 0.448. The average Bonchev–Trinajstić information content (AvgIpc) is 2.84. The van der Waals surface area contributed by atoms with Gasteiger partial charge in [-0.05, 0) is 25.9 Å². The van der Waals surface area contributed by atoms with Gasteiger partial charge in [0.05, 0.1) is 4.92 Å². The van der Waals surface area contributed by atoms with E-state index < -0.39 is 4.92 Å². The SMILES string of the molecule is CCN1CCCC1CNc1ncc([N+](=O)[O-])cn1. The second-order valence-electron chi connectivity index (χ2n) is 4.33. The molecule has 0 saturated carbocycles. The molecule has 0 aliphatic carbocycles. The molecule has 1 aromatic heterocycles. The van der Waals surface area contributed by atoms with Crippen molar-refractivity contribution in [1.82, 2.24) is 14.9 Å². The number of likely N-dealkylation sites (N-methyl/N-ethyl adjacent to an activating group) is 1. The molecule has 18 heavy (non-hydrogen) atoms. The van der Waals surface area contributed by atoms with Crippen LogP contribution in [0.5, 0.6) is 0 Å². The van der Waals surface area contributed by atoms with E-state index in [4.69, 9.17) is 0 Å². The molecule has 0 radical (unpaired) electrons. The van der Waals surface area contributed by atoms with Crippen molar-refractivity contribution in [2.75, 3.05) is 25.0 Å². The maximum Gasteiger partial charge on any atom is 0.305 e. The van der Waals surface area contributed by atoms with E-state index in [0.717, 1.165) is 19.6 Å². The van der Waals surface area contributed by atoms with Gasteiger partial charge in [0.2, 0.25) is 5.95 Å². The van der Waals surface area contributed by atoms with E-state index in [1.807, 2.05) is 0 Å². The molecular formula is C11H17N5O2. The standard InChI is InChI=1S/C11H17N5O2/c1-2-15-5-3-4-9(15)6-12-11-13-7-10(8-14-11)16(17)18/h7-9H,2-6H2,1H3,(H,12,13,14). The van der Waals surface area contributed by atoms with Crippen LogP contribution in [0.2, 0.25) is 0 Å². The van der Waals surface area contributed by atoms with Gasteiger partial charge in [-0.15, -0.1) is 0 Å². The monoisotopic (exact) mass is 251 g/mol. The minimum atomic E-state index is -0.500. The minimum Gasteiger partial charge on any atom is -0.353 e. The molecule has 1 N–H and O–H groups in total. The summed E-state index contributed by atoms with van der Waals surface area (Å²) < 4.78 is 0. The van der Waals surface area contributed by atoms with E-state index in [-0.39, 0.29) is 5.69 Å². The third-order valence-electron chi connectivity index (χ3n) is 3.25. The van der Waals surface area contributed by atoms with Gasteiger partial charge in [-0.2, -0.15) is 0 Å². The number of rotatable bonds is 5. The molecule has 2 heterocycles. The van der Waals surface area contributed by atoms with Crippen LogP contribution >= 0.6 is 0 Å². The maximum absolute atomic E-state index is 10.5. The first-order valence-corrected chi connectivity index (χ1v) is 6.15. The molecule has 2 rings (SSSR count). The molecule has 1 fully saturated rings. The average molecular weight is 251 g/mol. The summed E-state index contributed by atoms with van der Waals surface area (Å²) in [5.41, 5.74) is -0.0865. The second kappa shape index (κ2) is 5.72. The summed E-state index contributed by atoms with van der Waals surface area (Å²) in [6.45, 7) is 5.13. The van der Waals surface area contributed by atoms with Gasteiger partial charge in [0, 0.05) is 12.6 Å². The molecule has 1 unspecified atom stereocenters. The number of nitrogens with one attached hydrogen (secondary N) is 1. The predicted molar refractivity (Wildman–Crippen MR) is 67.4 cm³/mol. The summed E-state index contributed by atoms with van der Waals surface area (Å²) >= 11 is 0. The third kappa shape index (κ3) is 2.92. The smallest absolute Gasteiger partial charge is 0.305 e. The Morgan fingerprint density at radius 2 is 2.28 bits per heavy atom. The van der Waals surface area contributed by atoms with Crippen LogP contribution in [0.1, 0.15) is 19.8 Å². The fraction of sp³-hybridized carbons (Fsp3) is 0.636. The highest BCUT2D eigenvalue weighted by molar-refractivity contribution is 5.30. The topological polar surface area (TPSA) is 84.2 Å². The fourth-order valence-corrected chi connectivity index (χ4v) is 2.26. The number of nitrogens with zero attached hydrogens (tertiary/aromatic N) is 4. The Bertz CT molecular complexity index is 408. The van der Waals surface area contributed by atoms with Crippen molar-refractivity contribution in [1.29, 1.82) is 0 Å². The van der Waals surface area contributed by atoms with Crippen LogP contribution < -0.4 is 5.32 Å². The zero-order valence-electron chi connectivity index (χ0n) is 10.4. The molecule has 1 aliphatic heterocycles. The molecule has 0 spiro atoms. The lowest BCUT2D eigenvalue weighted by atomic mass is 10.2. The van der Waals surface area contributed by atoms with Crippen molar-refractivity contribution in [2.45, 2.75) is 25.8 Å². The predicted octanol–water partition coefficient (Wildman–Crippen LogP) is 1.28. The summed E-state index contributed by atoms with van der Waals surface area (Å²) in [7, 11) is 0. The first-order chi connectivity index (χ1) is 8.70. The van der Waals surface area contributed by atoms with Crippen molar-refractivity contribution in [3.05, 3.63) is 22.5 Å². The van der Waals surface area contributed by atoms with Crippen LogP contribution in [0.25, 0.3) is 0 Å². The number of likely N-dealkylation sites (tertiary alicyclic amines) is 1. The van der Waals surface area contributed by atoms with Crippen LogP contribution in [0, 0.1) is 10.1 Å². The van der Waals surface area contributed by atoms with Gasteiger partial charge in [0.1, 0.15) is 12.4 Å². The fourth-order valence-electron chi connectivity index (χ4n) is 2.26. The van der Waals surface area contributed by atoms with Crippen LogP contribution in [0.4, 0.5) is 11.6 Å². The molecule has 0 aromatic carbocycles. The number of aromatic nitrogens is 2. The molecule has 7 nitrogen and oxygen atoms in total. The molecular weight excluding hydrogens is 234 g/mol. The Kier molecular flexibility index (Phi) is 4.03. The molecule has 1 atom stereocenters. The number of hydrogen-bond acceptors (Lipinski definition) is 6. The Labute approximate surface area is 105 Å². The highest BCUT2D eigenvalue weighted by Gasteiger charge is 2.22. The molecule has 1 aromatic rings. The summed E-state index contributed by atoms with van der Waals surface area (Å²) in [6.07, 6.45) is 4.85. The highest BCUT2D eigenvalue weighted by Crippen LogP contribution is 2.17. The van der Waals surface area contributed by atoms with Gasteiger partial charge in [0.15, 0.2) is 0 Å². The second-order valence-corrected chi connectivity index (χ2v) is 4.33. The van der Waals surface area contributed by atoms with Gasteiger partial charge in [-0.1, -0.05) is 6.92 Å². The zero-order chi connectivity index (χ0) is 13.0. The van der Waals surface area contributed by atoms with Crippen LogP contribution in [-0.4, -0.2) is 45.5 Å². The molecule has 0 bridgehead atoms. The normalized spacial score (nSPS) is 19.9. The first kappa shape index (κ1) is 12.7. The van der Waals surface area contributed by atoms with E-state index >= 15 is 0 Å². The Morgan fingerprint density at radius 3 is 2.89 bits per heavy atom. The van der Waals surface area contributed by atoms with E-state index in [1.54, 1.807) is 0 Å². The highest BCUT2D eigenvalue weighted by atomic mass is 16.6. The largest absolute Gasteiger partial charge is 0.353 e. The lowest BCUT2D eigenvalue weighted by Crippen LogP contribution is -2.34. The Morgan fingerprint density at radius 1 is 1.56 bits per heavy atom. The summed E-state index contributed by atoms with van der Waals surface area (Å²) in [4.78, 5) is 20.2. The molecule has 1 saturated heterocycles. The molecule has 7 heteroatoms. The lowest BCUT2D eigenvalue weighted by molar-refractivity contribution is -0.385. The van der Waals surface area contributed by atoms with Crippen LogP contribution in [-0.2, 0) is 0 Å². The van der Waals surface area contributed by atoms with Gasteiger partial charge in [0.25, 0.3) is 0 Å². The van der Waals surface area contributed by atoms with Gasteiger partial charge >= 0.3 is 5.69 Å². The summed E-state index contributed by atoms with van der Waals surface area (Å²) in [5, 5.41) is 13.6. The number of anilines is 1. The van der Waals surface area contributed by atoms with Gasteiger partial charge in [-0.3, -0.25) is 15.0 Å². The molecule has 1 aliphatic rings.